The van der Waals surface area contributed by atoms with E-state index in [4.69, 9.17) is 5.14 Å². The van der Waals surface area contributed by atoms with Gasteiger partial charge in [0.2, 0.25) is 15.9 Å². The number of rotatable bonds is 3. The number of carbonyl (C=O) groups is 1. The Morgan fingerprint density at radius 3 is 2.34 bits per heavy atom. The number of aryl methyl sites for hydroxylation is 1. The second kappa shape index (κ2) is 6.43. The molecule has 0 radical (unpaired) electrons. The van der Waals surface area contributed by atoms with Crippen LogP contribution in [0.1, 0.15) is 25.2 Å². The summed E-state index contributed by atoms with van der Waals surface area (Å²) in [6, 6.07) is 7.05. The minimum Gasteiger partial charge on any atom is -0.278 e. The molecule has 9 heteroatoms. The van der Waals surface area contributed by atoms with Crippen LogP contribution >= 0.6 is 0 Å². The largest absolute Gasteiger partial charge is 0.278 e. The highest BCUT2D eigenvalue weighted by Crippen LogP contribution is 2.46. The molecule has 3 heterocycles. The van der Waals surface area contributed by atoms with E-state index in [2.05, 4.69) is 15.0 Å². The van der Waals surface area contributed by atoms with Gasteiger partial charge >= 0.3 is 0 Å². The fourth-order valence-corrected chi connectivity index (χ4v) is 3.90. The average molecular weight is 409 g/mol. The topological polar surface area (TPSA) is 119 Å². The number of sulfonamides is 1. The standard InChI is InChI=1S/C20H19N5O3S/c1-12-23-8-14(9-24-12)13-4-5-17-18(6-13)25(19(26)20(17,2)3)15-7-16(11-22-10-15)29(21,27)28/h4-11H,1-3H3,(H2,21,27,28). The Labute approximate surface area is 168 Å². The summed E-state index contributed by atoms with van der Waals surface area (Å²) in [4.78, 5) is 27.0. The first-order chi connectivity index (χ1) is 13.6. The van der Waals surface area contributed by atoms with Crippen molar-refractivity contribution in [3.05, 3.63) is 60.4 Å². The van der Waals surface area contributed by atoms with E-state index in [1.807, 2.05) is 32.0 Å². The van der Waals surface area contributed by atoms with Gasteiger partial charge in [-0.2, -0.15) is 0 Å². The van der Waals surface area contributed by atoms with E-state index in [0.29, 0.717) is 17.2 Å². The number of aromatic nitrogens is 3. The summed E-state index contributed by atoms with van der Waals surface area (Å²) < 4.78 is 23.5. The highest BCUT2D eigenvalue weighted by Gasteiger charge is 2.44. The zero-order valence-corrected chi connectivity index (χ0v) is 16.9. The average Bonchev–Trinajstić information content (AvgIpc) is 2.87. The summed E-state index contributed by atoms with van der Waals surface area (Å²) in [5.74, 6) is 0.483. The van der Waals surface area contributed by atoms with Crippen LogP contribution in [0.2, 0.25) is 0 Å². The molecule has 148 valence electrons. The predicted molar refractivity (Wildman–Crippen MR) is 108 cm³/mol. The van der Waals surface area contributed by atoms with Gasteiger partial charge in [-0.05, 0) is 44.0 Å². The van der Waals surface area contributed by atoms with E-state index in [-0.39, 0.29) is 10.8 Å². The maximum Gasteiger partial charge on any atom is 0.241 e. The van der Waals surface area contributed by atoms with Crippen LogP contribution in [0.15, 0.2) is 53.9 Å². The number of pyridine rings is 1. The second-order valence-corrected chi connectivity index (χ2v) is 9.00. The molecule has 0 saturated carbocycles. The SMILES string of the molecule is Cc1ncc(-c2ccc3c(c2)N(c2cncc(S(N)(=O)=O)c2)C(=O)C3(C)C)cn1. The first kappa shape index (κ1) is 19.2. The van der Waals surface area contributed by atoms with E-state index in [1.54, 1.807) is 19.3 Å². The zero-order chi connectivity index (χ0) is 21.0. The lowest BCUT2D eigenvalue weighted by molar-refractivity contribution is -0.121. The molecule has 1 aliphatic rings. The third-order valence-corrected chi connectivity index (χ3v) is 5.93. The van der Waals surface area contributed by atoms with Gasteiger partial charge in [-0.25, -0.2) is 23.5 Å². The van der Waals surface area contributed by atoms with Crippen LogP contribution < -0.4 is 10.0 Å². The molecular formula is C20H19N5O3S. The van der Waals surface area contributed by atoms with Gasteiger partial charge in [-0.15, -0.1) is 0 Å². The Bertz CT molecular complexity index is 1240. The van der Waals surface area contributed by atoms with Crippen molar-refractivity contribution in [2.45, 2.75) is 31.1 Å². The molecule has 0 aliphatic carbocycles. The fraction of sp³-hybridized carbons (Fsp3) is 0.200. The predicted octanol–water partition coefficient (Wildman–Crippen LogP) is 2.45. The Morgan fingerprint density at radius 2 is 1.69 bits per heavy atom. The molecule has 1 aliphatic heterocycles. The van der Waals surface area contributed by atoms with E-state index in [9.17, 15) is 13.2 Å². The van der Waals surface area contributed by atoms with Gasteiger partial charge in [0.25, 0.3) is 0 Å². The van der Waals surface area contributed by atoms with E-state index in [0.717, 1.165) is 22.9 Å². The van der Waals surface area contributed by atoms with Crippen LogP contribution in [-0.2, 0) is 20.2 Å². The summed E-state index contributed by atoms with van der Waals surface area (Å²) in [7, 11) is -3.95. The minimum absolute atomic E-state index is 0.155. The molecule has 4 rings (SSSR count). The molecular weight excluding hydrogens is 390 g/mol. The Morgan fingerprint density at radius 1 is 1.00 bits per heavy atom. The van der Waals surface area contributed by atoms with Crippen LogP contribution in [0.4, 0.5) is 11.4 Å². The fourth-order valence-electron chi connectivity index (χ4n) is 3.41. The molecule has 29 heavy (non-hydrogen) atoms. The lowest BCUT2D eigenvalue weighted by Crippen LogP contribution is -2.33. The summed E-state index contributed by atoms with van der Waals surface area (Å²) >= 11 is 0. The van der Waals surface area contributed by atoms with Crippen LogP contribution in [0.25, 0.3) is 11.1 Å². The van der Waals surface area contributed by atoms with E-state index < -0.39 is 15.4 Å². The van der Waals surface area contributed by atoms with Crippen molar-refractivity contribution < 1.29 is 13.2 Å². The lowest BCUT2D eigenvalue weighted by Gasteiger charge is -2.20. The highest BCUT2D eigenvalue weighted by atomic mass is 32.2. The molecule has 0 atom stereocenters. The molecule has 0 saturated heterocycles. The maximum absolute atomic E-state index is 13.2. The summed E-state index contributed by atoms with van der Waals surface area (Å²) in [5, 5.41) is 5.23. The van der Waals surface area contributed by atoms with Crippen molar-refractivity contribution in [1.29, 1.82) is 0 Å². The molecule has 3 aromatic rings. The number of hydrogen-bond acceptors (Lipinski definition) is 6. The smallest absolute Gasteiger partial charge is 0.241 e. The first-order valence-electron chi connectivity index (χ1n) is 8.85. The number of fused-ring (bicyclic) bond motifs is 1. The zero-order valence-electron chi connectivity index (χ0n) is 16.1. The number of anilines is 2. The Balaban J connectivity index is 1.89. The molecule has 8 nitrogen and oxygen atoms in total. The van der Waals surface area contributed by atoms with Crippen LogP contribution in [0, 0.1) is 6.92 Å². The molecule has 0 fully saturated rings. The number of nitrogens with zero attached hydrogens (tertiary/aromatic N) is 4. The van der Waals surface area contributed by atoms with Gasteiger partial charge in [0.1, 0.15) is 10.7 Å². The van der Waals surface area contributed by atoms with Crippen molar-refractivity contribution in [1.82, 2.24) is 15.0 Å². The molecule has 0 unspecified atom stereocenters. The molecule has 1 amide bonds. The van der Waals surface area contributed by atoms with Crippen LogP contribution in [-0.4, -0.2) is 29.3 Å². The second-order valence-electron chi connectivity index (χ2n) is 7.44. The van der Waals surface area contributed by atoms with Crippen molar-refractivity contribution in [3.8, 4) is 11.1 Å². The normalized spacial score (nSPS) is 15.4. The van der Waals surface area contributed by atoms with E-state index in [1.165, 1.54) is 17.2 Å². The number of amides is 1. The molecule has 0 bridgehead atoms. The van der Waals surface area contributed by atoms with Gasteiger partial charge in [0.05, 0.1) is 23.0 Å². The van der Waals surface area contributed by atoms with Crippen molar-refractivity contribution in [2.75, 3.05) is 4.90 Å². The van der Waals surface area contributed by atoms with Gasteiger partial charge in [-0.1, -0.05) is 12.1 Å². The maximum atomic E-state index is 13.2. The lowest BCUT2D eigenvalue weighted by atomic mass is 9.85. The number of hydrogen-bond donors (Lipinski definition) is 1. The molecule has 2 aromatic heterocycles. The van der Waals surface area contributed by atoms with Crippen LogP contribution in [0.5, 0.6) is 0 Å². The van der Waals surface area contributed by atoms with Crippen molar-refractivity contribution >= 4 is 27.3 Å². The number of carbonyl (C=O) groups excluding carboxylic acids is 1. The summed E-state index contributed by atoms with van der Waals surface area (Å²) in [5.41, 5.74) is 2.70. The first-order valence-corrected chi connectivity index (χ1v) is 10.4. The number of benzene rings is 1. The van der Waals surface area contributed by atoms with Gasteiger partial charge < -0.3 is 0 Å². The summed E-state index contributed by atoms with van der Waals surface area (Å²) in [6.07, 6.45) is 6.05. The van der Waals surface area contributed by atoms with Gasteiger partial charge in [0.15, 0.2) is 0 Å². The molecule has 2 N–H and O–H groups in total. The van der Waals surface area contributed by atoms with Crippen molar-refractivity contribution in [3.63, 3.8) is 0 Å². The van der Waals surface area contributed by atoms with Crippen molar-refractivity contribution in [2.24, 2.45) is 5.14 Å². The van der Waals surface area contributed by atoms with Crippen LogP contribution in [0.3, 0.4) is 0 Å². The number of nitrogens with two attached hydrogens (primary N) is 1. The highest BCUT2D eigenvalue weighted by molar-refractivity contribution is 7.89. The minimum atomic E-state index is -3.95. The van der Waals surface area contributed by atoms with E-state index >= 15 is 0 Å². The third kappa shape index (κ3) is 3.18. The Hall–Kier alpha value is -3.17. The Kier molecular flexibility index (Phi) is 4.25. The van der Waals surface area contributed by atoms with Gasteiger partial charge in [-0.3, -0.25) is 14.7 Å². The third-order valence-electron chi connectivity index (χ3n) is 5.05. The number of primary sulfonamides is 1. The monoisotopic (exact) mass is 409 g/mol. The summed E-state index contributed by atoms with van der Waals surface area (Å²) in [6.45, 7) is 5.47. The quantitative estimate of drug-likeness (QED) is 0.710. The molecule has 0 spiro atoms. The molecule has 1 aromatic carbocycles. The van der Waals surface area contributed by atoms with Gasteiger partial charge in [0, 0.05) is 24.2 Å².